The van der Waals surface area contributed by atoms with Gasteiger partial charge in [0.2, 0.25) is 10.0 Å². The summed E-state index contributed by atoms with van der Waals surface area (Å²) in [5, 5.41) is 0. The van der Waals surface area contributed by atoms with E-state index in [0.717, 1.165) is 25.1 Å². The summed E-state index contributed by atoms with van der Waals surface area (Å²) in [5.41, 5.74) is 0.899. The molecule has 5 nitrogen and oxygen atoms in total. The fraction of sp³-hybridized carbons (Fsp3) is 0.684. The molecule has 25 heavy (non-hydrogen) atoms. The van der Waals surface area contributed by atoms with Gasteiger partial charge in [-0.15, -0.1) is 0 Å². The van der Waals surface area contributed by atoms with Crippen molar-refractivity contribution in [3.05, 3.63) is 23.8 Å². The predicted molar refractivity (Wildman–Crippen MR) is 102 cm³/mol. The van der Waals surface area contributed by atoms with Crippen molar-refractivity contribution in [1.29, 1.82) is 0 Å². The molecule has 142 valence electrons. The van der Waals surface area contributed by atoms with E-state index in [1.165, 1.54) is 26.4 Å². The lowest BCUT2D eigenvalue weighted by Crippen LogP contribution is -2.46. The number of hydrogen-bond donors (Lipinski definition) is 1. The molecule has 1 aromatic carbocycles. The first-order valence-corrected chi connectivity index (χ1v) is 10.7. The molecule has 0 amide bonds. The van der Waals surface area contributed by atoms with E-state index in [9.17, 15) is 8.42 Å². The molecule has 0 aromatic heterocycles. The second-order valence-corrected chi connectivity index (χ2v) is 9.12. The number of aryl methyl sites for hydroxylation is 1. The van der Waals surface area contributed by atoms with Crippen LogP contribution in [-0.4, -0.2) is 46.1 Å². The Morgan fingerprint density at radius 3 is 2.48 bits per heavy atom. The lowest BCUT2D eigenvalue weighted by Gasteiger charge is -2.35. The Kier molecular flexibility index (Phi) is 7.28. The summed E-state index contributed by atoms with van der Waals surface area (Å²) in [6.45, 7) is 8.83. The topological polar surface area (TPSA) is 58.6 Å². The van der Waals surface area contributed by atoms with E-state index in [1.807, 2.05) is 13.0 Å². The maximum absolute atomic E-state index is 12.8. The molecule has 1 fully saturated rings. The van der Waals surface area contributed by atoms with Crippen LogP contribution in [0.1, 0.15) is 45.1 Å². The van der Waals surface area contributed by atoms with Crippen LogP contribution in [0.25, 0.3) is 0 Å². The van der Waals surface area contributed by atoms with Crippen LogP contribution < -0.4 is 9.46 Å². The van der Waals surface area contributed by atoms with Crippen LogP contribution in [-0.2, 0) is 10.0 Å². The minimum atomic E-state index is -3.60. The molecule has 0 aliphatic carbocycles. The first-order chi connectivity index (χ1) is 11.8. The molecule has 0 saturated carbocycles. The summed E-state index contributed by atoms with van der Waals surface area (Å²) in [5.74, 6) is 0.918. The number of rotatable bonds is 8. The maximum Gasteiger partial charge on any atom is 0.244 e. The largest absolute Gasteiger partial charge is 0.495 e. The number of sulfonamides is 1. The first-order valence-electron chi connectivity index (χ1n) is 9.22. The summed E-state index contributed by atoms with van der Waals surface area (Å²) in [6, 6.07) is 5.47. The molecule has 0 radical (unpaired) electrons. The van der Waals surface area contributed by atoms with Gasteiger partial charge in [-0.05, 0) is 62.9 Å². The summed E-state index contributed by atoms with van der Waals surface area (Å²) < 4.78 is 33.7. The minimum absolute atomic E-state index is 0.219. The zero-order valence-electron chi connectivity index (χ0n) is 15.9. The van der Waals surface area contributed by atoms with Crippen molar-refractivity contribution in [1.82, 2.24) is 9.62 Å². The second kappa shape index (κ2) is 9.01. The molecule has 1 unspecified atom stereocenters. The molecule has 0 bridgehead atoms. The van der Waals surface area contributed by atoms with Gasteiger partial charge in [-0.1, -0.05) is 26.3 Å². The number of methoxy groups -OCH3 is 1. The first kappa shape index (κ1) is 20.2. The third-order valence-electron chi connectivity index (χ3n) is 4.77. The number of benzene rings is 1. The van der Waals surface area contributed by atoms with E-state index in [0.29, 0.717) is 18.2 Å². The van der Waals surface area contributed by atoms with Gasteiger partial charge in [0.1, 0.15) is 10.6 Å². The molecular weight excluding hydrogens is 336 g/mol. The molecule has 1 heterocycles. The molecule has 6 heteroatoms. The van der Waals surface area contributed by atoms with E-state index in [2.05, 4.69) is 23.5 Å². The highest BCUT2D eigenvalue weighted by Gasteiger charge is 2.25. The Morgan fingerprint density at radius 2 is 1.88 bits per heavy atom. The summed E-state index contributed by atoms with van der Waals surface area (Å²) in [6.07, 6.45) is 4.67. The number of piperidine rings is 1. The summed E-state index contributed by atoms with van der Waals surface area (Å²) >= 11 is 0. The molecule has 1 saturated heterocycles. The fourth-order valence-corrected chi connectivity index (χ4v) is 4.79. The van der Waals surface area contributed by atoms with Gasteiger partial charge in [-0.2, -0.15) is 0 Å². The van der Waals surface area contributed by atoms with Gasteiger partial charge in [0.25, 0.3) is 0 Å². The van der Waals surface area contributed by atoms with E-state index < -0.39 is 10.0 Å². The predicted octanol–water partition coefficient (Wildman–Crippen LogP) is 3.18. The van der Waals surface area contributed by atoms with E-state index in [1.54, 1.807) is 12.1 Å². The van der Waals surface area contributed by atoms with Crippen LogP contribution in [0, 0.1) is 12.8 Å². The number of likely N-dealkylation sites (tertiary alicyclic amines) is 1. The number of hydrogen-bond acceptors (Lipinski definition) is 4. The van der Waals surface area contributed by atoms with Gasteiger partial charge in [-0.25, -0.2) is 13.1 Å². The second-order valence-electron chi connectivity index (χ2n) is 7.39. The monoisotopic (exact) mass is 368 g/mol. The Morgan fingerprint density at radius 1 is 1.20 bits per heavy atom. The zero-order chi connectivity index (χ0) is 18.4. The normalized spacial score (nSPS) is 17.6. The van der Waals surface area contributed by atoms with Crippen LogP contribution in [0.2, 0.25) is 0 Å². The number of ether oxygens (including phenoxy) is 1. The third-order valence-corrected chi connectivity index (χ3v) is 6.21. The average Bonchev–Trinajstić information content (AvgIpc) is 2.59. The van der Waals surface area contributed by atoms with Crippen molar-refractivity contribution in [2.45, 2.75) is 57.4 Å². The van der Waals surface area contributed by atoms with E-state index in [4.69, 9.17) is 4.74 Å². The Balaban J connectivity index is 2.13. The molecule has 2 rings (SSSR count). The molecule has 1 aliphatic heterocycles. The third kappa shape index (κ3) is 5.69. The number of nitrogens with zero attached hydrogens (tertiary/aromatic N) is 1. The molecule has 1 aromatic rings. The average molecular weight is 369 g/mol. The zero-order valence-corrected chi connectivity index (χ0v) is 16.7. The molecule has 1 N–H and O–H groups in total. The lowest BCUT2D eigenvalue weighted by atomic mass is 10.00. The number of nitrogens with one attached hydrogen (secondary N) is 1. The van der Waals surface area contributed by atoms with Crippen LogP contribution in [0.15, 0.2) is 23.1 Å². The van der Waals surface area contributed by atoms with Crippen molar-refractivity contribution in [3.8, 4) is 5.75 Å². The fourth-order valence-electron chi connectivity index (χ4n) is 3.47. The Bertz CT molecular complexity index is 653. The maximum atomic E-state index is 12.8. The van der Waals surface area contributed by atoms with Crippen LogP contribution in [0.5, 0.6) is 5.75 Å². The van der Waals surface area contributed by atoms with Gasteiger partial charge < -0.3 is 4.74 Å². The van der Waals surface area contributed by atoms with Gasteiger partial charge in [0.05, 0.1) is 7.11 Å². The Labute approximate surface area is 152 Å². The highest BCUT2D eigenvalue weighted by molar-refractivity contribution is 7.89. The van der Waals surface area contributed by atoms with E-state index >= 15 is 0 Å². The van der Waals surface area contributed by atoms with Gasteiger partial charge >= 0.3 is 0 Å². The molecule has 1 atom stereocenters. The van der Waals surface area contributed by atoms with Crippen molar-refractivity contribution in [3.63, 3.8) is 0 Å². The summed E-state index contributed by atoms with van der Waals surface area (Å²) in [7, 11) is -2.10. The molecule has 1 aliphatic rings. The van der Waals surface area contributed by atoms with Crippen LogP contribution in [0.3, 0.4) is 0 Å². The molecule has 0 spiro atoms. The smallest absolute Gasteiger partial charge is 0.244 e. The van der Waals surface area contributed by atoms with Crippen molar-refractivity contribution in [2.75, 3.05) is 26.7 Å². The van der Waals surface area contributed by atoms with Crippen LogP contribution in [0.4, 0.5) is 0 Å². The molecular formula is C19H32N2O3S. The highest BCUT2D eigenvalue weighted by atomic mass is 32.2. The van der Waals surface area contributed by atoms with Crippen molar-refractivity contribution in [2.24, 2.45) is 5.92 Å². The quantitative estimate of drug-likeness (QED) is 0.766. The van der Waals surface area contributed by atoms with Crippen LogP contribution >= 0.6 is 0 Å². The lowest BCUT2D eigenvalue weighted by molar-refractivity contribution is 0.146. The van der Waals surface area contributed by atoms with Gasteiger partial charge in [-0.3, -0.25) is 4.90 Å². The van der Waals surface area contributed by atoms with Crippen molar-refractivity contribution < 1.29 is 13.2 Å². The summed E-state index contributed by atoms with van der Waals surface area (Å²) in [4.78, 5) is 2.66. The van der Waals surface area contributed by atoms with Gasteiger partial charge in [0.15, 0.2) is 0 Å². The minimum Gasteiger partial charge on any atom is -0.495 e. The Hall–Kier alpha value is -1.11. The standard InChI is InChI=1S/C19H32N2O3S/c1-15(2)12-17(21-10-6-5-7-11-21)14-20-25(22,23)19-13-16(3)8-9-18(19)24-4/h8-9,13,15,17,20H,5-7,10-12,14H2,1-4H3. The van der Waals surface area contributed by atoms with E-state index in [-0.39, 0.29) is 10.9 Å². The SMILES string of the molecule is COc1ccc(C)cc1S(=O)(=O)NCC(CC(C)C)N1CCCCC1. The van der Waals surface area contributed by atoms with Crippen molar-refractivity contribution >= 4 is 10.0 Å². The van der Waals surface area contributed by atoms with Gasteiger partial charge in [0, 0.05) is 12.6 Å². The highest BCUT2D eigenvalue weighted by Crippen LogP contribution is 2.25.